The van der Waals surface area contributed by atoms with Gasteiger partial charge in [0.2, 0.25) is 0 Å². The van der Waals surface area contributed by atoms with Crippen molar-refractivity contribution in [2.24, 2.45) is 0 Å². The van der Waals surface area contributed by atoms with E-state index < -0.39 is 0 Å². The van der Waals surface area contributed by atoms with Crippen LogP contribution in [-0.2, 0) is 4.79 Å². The number of amides is 3. The second-order valence-electron chi connectivity index (χ2n) is 9.58. The number of hydrogen-bond acceptors (Lipinski definition) is 3. The maximum absolute atomic E-state index is 13.4. The molecule has 3 heterocycles. The molecule has 0 saturated carbocycles. The van der Waals surface area contributed by atoms with Crippen molar-refractivity contribution in [1.82, 2.24) is 20.0 Å². The molecule has 31 heavy (non-hydrogen) atoms. The van der Waals surface area contributed by atoms with Crippen molar-refractivity contribution in [2.75, 3.05) is 33.2 Å². The van der Waals surface area contributed by atoms with Gasteiger partial charge in [-0.2, -0.15) is 0 Å². The molecule has 0 bridgehead atoms. The number of likely N-dealkylation sites (tertiary alicyclic amines) is 1. The van der Waals surface area contributed by atoms with Crippen LogP contribution < -0.4 is 5.32 Å². The molecule has 1 aromatic rings. The van der Waals surface area contributed by atoms with Crippen molar-refractivity contribution in [3.8, 4) is 0 Å². The minimum absolute atomic E-state index is 0.0616. The summed E-state index contributed by atoms with van der Waals surface area (Å²) in [5.41, 5.74) is 3.79. The normalized spacial score (nSPS) is 24.8. The van der Waals surface area contributed by atoms with E-state index in [4.69, 9.17) is 0 Å². The van der Waals surface area contributed by atoms with Crippen molar-refractivity contribution in [3.05, 3.63) is 46.7 Å². The maximum atomic E-state index is 13.4. The topological polar surface area (TPSA) is 55.9 Å². The average Bonchev–Trinajstić information content (AvgIpc) is 3.09. The van der Waals surface area contributed by atoms with Gasteiger partial charge in [0.1, 0.15) is 0 Å². The molecule has 0 aromatic heterocycles. The lowest BCUT2D eigenvalue weighted by atomic mass is 9.93. The molecule has 0 radical (unpaired) electrons. The van der Waals surface area contributed by atoms with Crippen molar-refractivity contribution < 1.29 is 9.59 Å². The van der Waals surface area contributed by atoms with Gasteiger partial charge < -0.3 is 15.1 Å². The summed E-state index contributed by atoms with van der Waals surface area (Å²) in [6, 6.07) is 8.41. The molecular formula is C25H36N4O2. The number of rotatable bonds is 6. The van der Waals surface area contributed by atoms with Gasteiger partial charge in [0.25, 0.3) is 5.91 Å². The SMILES string of the molecule is CC(C)c1ccc(C2NC(=O)N(C)C3=C2C(=O)N(CCCN2CCCCC2C)C3)cc1. The van der Waals surface area contributed by atoms with Crippen LogP contribution in [0.5, 0.6) is 0 Å². The fourth-order valence-electron chi connectivity index (χ4n) is 5.08. The molecule has 3 aliphatic heterocycles. The first kappa shape index (κ1) is 21.9. The van der Waals surface area contributed by atoms with Crippen LogP contribution >= 0.6 is 0 Å². The van der Waals surface area contributed by atoms with Crippen LogP contribution in [0.15, 0.2) is 35.5 Å². The Morgan fingerprint density at radius 2 is 1.84 bits per heavy atom. The van der Waals surface area contributed by atoms with Gasteiger partial charge >= 0.3 is 6.03 Å². The van der Waals surface area contributed by atoms with Gasteiger partial charge in [-0.25, -0.2) is 4.79 Å². The minimum Gasteiger partial charge on any atom is -0.333 e. The van der Waals surface area contributed by atoms with E-state index in [0.29, 0.717) is 18.5 Å². The first-order chi connectivity index (χ1) is 14.9. The first-order valence-corrected chi connectivity index (χ1v) is 11.8. The zero-order chi connectivity index (χ0) is 22.1. The van der Waals surface area contributed by atoms with Crippen LogP contribution in [0.4, 0.5) is 4.79 Å². The standard InChI is InChI=1S/C25H36N4O2/c1-17(2)19-9-11-20(12-10-19)23-22-21(27(4)25(31)26-23)16-29(24(22)30)15-7-14-28-13-6-5-8-18(28)3/h9-12,17-18,23H,5-8,13-16H2,1-4H3,(H,26,31). The predicted molar refractivity (Wildman–Crippen MR) is 123 cm³/mol. The number of urea groups is 1. The van der Waals surface area contributed by atoms with Crippen LogP contribution in [0.25, 0.3) is 0 Å². The quantitative estimate of drug-likeness (QED) is 0.754. The number of likely N-dealkylation sites (N-methyl/N-ethyl adjacent to an activating group) is 1. The van der Waals surface area contributed by atoms with Crippen molar-refractivity contribution in [1.29, 1.82) is 0 Å². The summed E-state index contributed by atoms with van der Waals surface area (Å²) in [4.78, 5) is 32.1. The van der Waals surface area contributed by atoms with E-state index in [1.54, 1.807) is 11.9 Å². The van der Waals surface area contributed by atoms with Crippen molar-refractivity contribution in [3.63, 3.8) is 0 Å². The molecule has 2 atom stereocenters. The molecule has 0 aliphatic carbocycles. The van der Waals surface area contributed by atoms with Gasteiger partial charge in [-0.05, 0) is 49.8 Å². The third-order valence-electron chi connectivity index (χ3n) is 7.19. The molecule has 6 nitrogen and oxygen atoms in total. The molecule has 4 rings (SSSR count). The number of piperidine rings is 1. The Kier molecular flexibility index (Phi) is 6.37. The number of carbonyl (C=O) groups is 2. The van der Waals surface area contributed by atoms with Crippen molar-refractivity contribution in [2.45, 2.75) is 64.5 Å². The zero-order valence-electron chi connectivity index (χ0n) is 19.4. The molecule has 2 unspecified atom stereocenters. The van der Waals surface area contributed by atoms with Gasteiger partial charge in [-0.3, -0.25) is 9.69 Å². The van der Waals surface area contributed by atoms with Crippen LogP contribution in [0.3, 0.4) is 0 Å². The van der Waals surface area contributed by atoms with E-state index in [9.17, 15) is 9.59 Å². The molecule has 3 aliphatic rings. The summed E-state index contributed by atoms with van der Waals surface area (Å²) in [7, 11) is 1.76. The molecule has 3 amide bonds. The van der Waals surface area contributed by atoms with Gasteiger partial charge in [0.05, 0.1) is 23.9 Å². The number of carbonyl (C=O) groups excluding carboxylic acids is 2. The molecule has 1 aromatic carbocycles. The lowest BCUT2D eigenvalue weighted by Gasteiger charge is -2.33. The first-order valence-electron chi connectivity index (χ1n) is 11.8. The van der Waals surface area contributed by atoms with E-state index in [-0.39, 0.29) is 18.0 Å². The number of nitrogens with one attached hydrogen (secondary N) is 1. The highest BCUT2D eigenvalue weighted by atomic mass is 16.2. The summed E-state index contributed by atoms with van der Waals surface area (Å²) >= 11 is 0. The Bertz CT molecular complexity index is 861. The predicted octanol–water partition coefficient (Wildman–Crippen LogP) is 3.87. The van der Waals surface area contributed by atoms with E-state index in [2.05, 4.69) is 43.1 Å². The van der Waals surface area contributed by atoms with Crippen LogP contribution in [0.1, 0.15) is 69.5 Å². The van der Waals surface area contributed by atoms with Gasteiger partial charge in [-0.1, -0.05) is 44.5 Å². The Balaban J connectivity index is 1.47. The van der Waals surface area contributed by atoms with Crippen molar-refractivity contribution >= 4 is 11.9 Å². The van der Waals surface area contributed by atoms with Gasteiger partial charge in [0.15, 0.2) is 0 Å². The molecule has 168 valence electrons. The van der Waals surface area contributed by atoms with E-state index in [1.807, 2.05) is 17.0 Å². The summed E-state index contributed by atoms with van der Waals surface area (Å²) in [5, 5.41) is 3.04. The van der Waals surface area contributed by atoms with E-state index >= 15 is 0 Å². The highest BCUT2D eigenvalue weighted by Gasteiger charge is 2.42. The monoisotopic (exact) mass is 424 g/mol. The zero-order valence-corrected chi connectivity index (χ0v) is 19.4. The number of hydrogen-bond donors (Lipinski definition) is 1. The Morgan fingerprint density at radius 1 is 1.10 bits per heavy atom. The molecular weight excluding hydrogens is 388 g/mol. The number of benzene rings is 1. The highest BCUT2D eigenvalue weighted by Crippen LogP contribution is 2.36. The fourth-order valence-corrected chi connectivity index (χ4v) is 5.08. The maximum Gasteiger partial charge on any atom is 0.322 e. The Hall–Kier alpha value is -2.34. The summed E-state index contributed by atoms with van der Waals surface area (Å²) in [6.07, 6.45) is 4.84. The smallest absolute Gasteiger partial charge is 0.322 e. The van der Waals surface area contributed by atoms with Gasteiger partial charge in [-0.15, -0.1) is 0 Å². The Labute approximate surface area is 186 Å². The largest absolute Gasteiger partial charge is 0.333 e. The Morgan fingerprint density at radius 3 is 2.52 bits per heavy atom. The van der Waals surface area contributed by atoms with Gasteiger partial charge in [0, 0.05) is 26.2 Å². The van der Waals surface area contributed by atoms with Crippen LogP contribution in [0.2, 0.25) is 0 Å². The minimum atomic E-state index is -0.375. The molecule has 0 spiro atoms. The molecule has 1 fully saturated rings. The highest BCUT2D eigenvalue weighted by molar-refractivity contribution is 6.01. The average molecular weight is 425 g/mol. The second-order valence-corrected chi connectivity index (χ2v) is 9.58. The lowest BCUT2D eigenvalue weighted by Crippen LogP contribution is -2.45. The summed E-state index contributed by atoms with van der Waals surface area (Å²) < 4.78 is 0. The molecule has 1 N–H and O–H groups in total. The van der Waals surface area contributed by atoms with Crippen LogP contribution in [0, 0.1) is 0 Å². The molecule has 1 saturated heterocycles. The summed E-state index contributed by atoms with van der Waals surface area (Å²) in [5.74, 6) is 0.508. The van der Waals surface area contributed by atoms with E-state index in [1.165, 1.54) is 31.4 Å². The fraction of sp³-hybridized carbons (Fsp3) is 0.600. The second kappa shape index (κ2) is 9.03. The third kappa shape index (κ3) is 4.36. The molecule has 6 heteroatoms. The van der Waals surface area contributed by atoms with Crippen LogP contribution in [-0.4, -0.2) is 65.9 Å². The summed E-state index contributed by atoms with van der Waals surface area (Å²) in [6.45, 7) is 10.1. The lowest BCUT2D eigenvalue weighted by molar-refractivity contribution is -0.125. The third-order valence-corrected chi connectivity index (χ3v) is 7.19. The number of nitrogens with zero attached hydrogens (tertiary/aromatic N) is 3. The van der Waals surface area contributed by atoms with E-state index in [0.717, 1.165) is 36.3 Å².